The molecule has 0 amide bonds. The number of carbonyl (C=O) groups excluding carboxylic acids is 1. The smallest absolute Gasteiger partial charge is 0.221 e. The van der Waals surface area contributed by atoms with Crippen molar-refractivity contribution in [3.8, 4) is 0 Å². The summed E-state index contributed by atoms with van der Waals surface area (Å²) in [4.78, 5) is 10.5. The van der Waals surface area contributed by atoms with Crippen molar-refractivity contribution >= 4 is 16.8 Å². The average Bonchev–Trinajstić information content (AvgIpc) is 2.39. The highest BCUT2D eigenvalue weighted by Gasteiger charge is 1.95. The van der Waals surface area contributed by atoms with E-state index in [0.29, 0.717) is 6.42 Å². The second kappa shape index (κ2) is 15.8. The van der Waals surface area contributed by atoms with Crippen LogP contribution >= 0.6 is 11.6 Å². The lowest BCUT2D eigenvalue weighted by Crippen LogP contribution is -1.86. The molecule has 19 heavy (non-hydrogen) atoms. The van der Waals surface area contributed by atoms with E-state index >= 15 is 0 Å². The second-order valence-electron chi connectivity index (χ2n) is 5.34. The Bertz CT molecular complexity index is 223. The van der Waals surface area contributed by atoms with Gasteiger partial charge in [-0.05, 0) is 43.7 Å². The highest BCUT2D eigenvalue weighted by atomic mass is 35.5. The van der Waals surface area contributed by atoms with Gasteiger partial charge in [-0.2, -0.15) is 0 Å². The van der Waals surface area contributed by atoms with Crippen molar-refractivity contribution in [2.45, 2.75) is 90.4 Å². The number of unbranched alkanes of at least 4 members (excludes halogenated alkanes) is 10. The van der Waals surface area contributed by atoms with Crippen molar-refractivity contribution in [2.75, 3.05) is 0 Å². The number of allylic oxidation sites excluding steroid dienone is 2. The molecule has 0 rings (SSSR count). The van der Waals surface area contributed by atoms with Crippen molar-refractivity contribution in [1.29, 1.82) is 0 Å². The summed E-state index contributed by atoms with van der Waals surface area (Å²) in [6, 6.07) is 0. The maximum absolute atomic E-state index is 10.5. The van der Waals surface area contributed by atoms with Gasteiger partial charge in [0.2, 0.25) is 5.24 Å². The van der Waals surface area contributed by atoms with Gasteiger partial charge in [-0.1, -0.05) is 64.0 Å². The first kappa shape index (κ1) is 18.7. The number of halogens is 1. The molecule has 0 radical (unpaired) electrons. The molecule has 0 aromatic rings. The zero-order chi connectivity index (χ0) is 14.2. The number of hydrogen-bond acceptors (Lipinski definition) is 1. The van der Waals surface area contributed by atoms with E-state index in [0.717, 1.165) is 12.8 Å². The minimum atomic E-state index is -0.191. The molecule has 0 bridgehead atoms. The summed E-state index contributed by atoms with van der Waals surface area (Å²) >= 11 is 5.28. The molecular formula is C17H31ClO. The predicted octanol–water partition coefficient (Wildman–Crippen LogP) is 6.40. The van der Waals surface area contributed by atoms with Gasteiger partial charge in [-0.15, -0.1) is 0 Å². The molecule has 0 spiro atoms. The Labute approximate surface area is 124 Å². The summed E-state index contributed by atoms with van der Waals surface area (Å²) < 4.78 is 0. The van der Waals surface area contributed by atoms with Crippen LogP contribution in [0.5, 0.6) is 0 Å². The van der Waals surface area contributed by atoms with Gasteiger partial charge in [0.1, 0.15) is 0 Å². The van der Waals surface area contributed by atoms with Gasteiger partial charge in [0.15, 0.2) is 0 Å². The van der Waals surface area contributed by atoms with Gasteiger partial charge >= 0.3 is 0 Å². The lowest BCUT2D eigenvalue weighted by atomic mass is 10.1. The van der Waals surface area contributed by atoms with Crippen LogP contribution < -0.4 is 0 Å². The largest absolute Gasteiger partial charge is 0.281 e. The Morgan fingerprint density at radius 1 is 0.789 bits per heavy atom. The van der Waals surface area contributed by atoms with Crippen molar-refractivity contribution in [3.63, 3.8) is 0 Å². The quantitative estimate of drug-likeness (QED) is 0.205. The molecule has 0 fully saturated rings. The fourth-order valence-corrected chi connectivity index (χ4v) is 2.29. The first-order chi connectivity index (χ1) is 9.27. The van der Waals surface area contributed by atoms with Gasteiger partial charge in [0.05, 0.1) is 0 Å². The third kappa shape index (κ3) is 17.7. The first-order valence-electron chi connectivity index (χ1n) is 8.10. The van der Waals surface area contributed by atoms with Gasteiger partial charge in [0, 0.05) is 6.42 Å². The Balaban J connectivity index is 3.05. The van der Waals surface area contributed by atoms with Gasteiger partial charge < -0.3 is 0 Å². The van der Waals surface area contributed by atoms with Gasteiger partial charge in [-0.25, -0.2) is 0 Å². The number of hydrogen-bond donors (Lipinski definition) is 0. The first-order valence-corrected chi connectivity index (χ1v) is 8.48. The number of rotatable bonds is 14. The Morgan fingerprint density at radius 2 is 1.26 bits per heavy atom. The fraction of sp³-hybridized carbons (Fsp3) is 0.824. The maximum atomic E-state index is 10.5. The normalized spacial score (nSPS) is 11.3. The van der Waals surface area contributed by atoms with E-state index in [4.69, 9.17) is 11.6 Å². The van der Waals surface area contributed by atoms with Crippen LogP contribution in [0.3, 0.4) is 0 Å². The van der Waals surface area contributed by atoms with E-state index in [1.807, 2.05) is 0 Å². The summed E-state index contributed by atoms with van der Waals surface area (Å²) in [5, 5.41) is -0.191. The van der Waals surface area contributed by atoms with Crippen molar-refractivity contribution in [1.82, 2.24) is 0 Å². The van der Waals surface area contributed by atoms with Gasteiger partial charge in [-0.3, -0.25) is 4.79 Å². The topological polar surface area (TPSA) is 17.1 Å². The molecule has 0 atom stereocenters. The SMILES string of the molecule is CCCCCC/C=C\CCCCCCCCC(=O)Cl. The molecule has 0 unspecified atom stereocenters. The lowest BCUT2D eigenvalue weighted by molar-refractivity contribution is -0.111. The fourth-order valence-electron chi connectivity index (χ4n) is 2.16. The molecular weight excluding hydrogens is 256 g/mol. The minimum absolute atomic E-state index is 0.191. The Kier molecular flexibility index (Phi) is 15.5. The van der Waals surface area contributed by atoms with Crippen LogP contribution in [0.1, 0.15) is 90.4 Å². The summed E-state index contributed by atoms with van der Waals surface area (Å²) in [6.07, 6.45) is 20.4. The van der Waals surface area contributed by atoms with Crippen LogP contribution in [0.15, 0.2) is 12.2 Å². The van der Waals surface area contributed by atoms with E-state index in [9.17, 15) is 4.79 Å². The van der Waals surface area contributed by atoms with E-state index < -0.39 is 0 Å². The highest BCUT2D eigenvalue weighted by molar-refractivity contribution is 6.63. The maximum Gasteiger partial charge on any atom is 0.221 e. The predicted molar refractivity (Wildman–Crippen MR) is 85.7 cm³/mol. The molecule has 0 aliphatic rings. The van der Waals surface area contributed by atoms with Crippen molar-refractivity contribution in [3.05, 3.63) is 12.2 Å². The minimum Gasteiger partial charge on any atom is -0.281 e. The molecule has 0 N–H and O–H groups in total. The van der Waals surface area contributed by atoms with E-state index in [-0.39, 0.29) is 5.24 Å². The average molecular weight is 287 g/mol. The lowest BCUT2D eigenvalue weighted by Gasteiger charge is -1.99. The van der Waals surface area contributed by atoms with Crippen molar-refractivity contribution in [2.24, 2.45) is 0 Å². The molecule has 1 nitrogen and oxygen atoms in total. The summed E-state index contributed by atoms with van der Waals surface area (Å²) in [5.41, 5.74) is 0. The monoisotopic (exact) mass is 286 g/mol. The van der Waals surface area contributed by atoms with Crippen LogP contribution in [0, 0.1) is 0 Å². The molecule has 0 aromatic heterocycles. The molecule has 0 aliphatic heterocycles. The molecule has 0 saturated carbocycles. The summed E-state index contributed by atoms with van der Waals surface area (Å²) in [6.45, 7) is 2.25. The van der Waals surface area contributed by atoms with Crippen LogP contribution in [-0.2, 0) is 4.79 Å². The van der Waals surface area contributed by atoms with Crippen molar-refractivity contribution < 1.29 is 4.79 Å². The van der Waals surface area contributed by atoms with Crippen LogP contribution in [0.2, 0.25) is 0 Å². The highest BCUT2D eigenvalue weighted by Crippen LogP contribution is 2.10. The standard InChI is InChI=1S/C17H31ClO/c1-2-3-4-5-6-7-8-9-10-11-12-13-14-15-16-17(18)19/h7-8H,2-6,9-16H2,1H3/b8-7-. The van der Waals surface area contributed by atoms with E-state index in [1.165, 1.54) is 64.2 Å². The zero-order valence-electron chi connectivity index (χ0n) is 12.6. The second-order valence-corrected chi connectivity index (χ2v) is 5.76. The van der Waals surface area contributed by atoms with E-state index in [1.54, 1.807) is 0 Å². The molecule has 0 aromatic carbocycles. The van der Waals surface area contributed by atoms with Crippen LogP contribution in [-0.4, -0.2) is 5.24 Å². The molecule has 112 valence electrons. The summed E-state index contributed by atoms with van der Waals surface area (Å²) in [5.74, 6) is 0. The summed E-state index contributed by atoms with van der Waals surface area (Å²) in [7, 11) is 0. The van der Waals surface area contributed by atoms with E-state index in [2.05, 4.69) is 19.1 Å². The molecule has 0 saturated heterocycles. The molecule has 0 heterocycles. The Hall–Kier alpha value is -0.300. The third-order valence-corrected chi connectivity index (χ3v) is 3.57. The zero-order valence-corrected chi connectivity index (χ0v) is 13.4. The van der Waals surface area contributed by atoms with Crippen LogP contribution in [0.25, 0.3) is 0 Å². The molecule has 0 aliphatic carbocycles. The van der Waals surface area contributed by atoms with Crippen LogP contribution in [0.4, 0.5) is 0 Å². The Morgan fingerprint density at radius 3 is 1.79 bits per heavy atom. The molecule has 2 heteroatoms. The number of carbonyl (C=O) groups is 1. The van der Waals surface area contributed by atoms with Gasteiger partial charge in [0.25, 0.3) is 0 Å². The third-order valence-electron chi connectivity index (χ3n) is 3.39.